The lowest BCUT2D eigenvalue weighted by Crippen LogP contribution is -2.22. The number of hydrazine groups is 1. The zero-order chi connectivity index (χ0) is 5.54. The van der Waals surface area contributed by atoms with Gasteiger partial charge in [0.25, 0.3) is 0 Å². The second-order valence-corrected chi connectivity index (χ2v) is 1.20. The van der Waals surface area contributed by atoms with Gasteiger partial charge in [0.05, 0.1) is 0 Å². The summed E-state index contributed by atoms with van der Waals surface area (Å²) in [5.41, 5.74) is 2.42. The van der Waals surface area contributed by atoms with Crippen LogP contribution in [0, 0.1) is 0 Å². The highest BCUT2D eigenvalue weighted by molar-refractivity contribution is 5.50. The van der Waals surface area contributed by atoms with E-state index in [-0.39, 0.29) is 0 Å². The lowest BCUT2D eigenvalue weighted by Gasteiger charge is -1.89. The Morgan fingerprint density at radius 3 is 2.86 bits per heavy atom. The van der Waals surface area contributed by atoms with Gasteiger partial charge >= 0.3 is 0 Å². The Bertz CT molecular complexity index is 47.0. The van der Waals surface area contributed by atoms with Gasteiger partial charge in [-0.2, -0.15) is 0 Å². The molecule has 0 bridgehead atoms. The van der Waals surface area contributed by atoms with Crippen LogP contribution in [0.25, 0.3) is 0 Å². The van der Waals surface area contributed by atoms with E-state index in [4.69, 9.17) is 5.84 Å². The maximum atomic E-state index is 9.49. The van der Waals surface area contributed by atoms with Crippen molar-refractivity contribution in [3.05, 3.63) is 0 Å². The average Bonchev–Trinajstić information content (AvgIpc) is 1.69. The van der Waals surface area contributed by atoms with Crippen LogP contribution in [0.5, 0.6) is 0 Å². The molecule has 0 aliphatic heterocycles. The van der Waals surface area contributed by atoms with Crippen LogP contribution in [0.4, 0.5) is 0 Å². The molecule has 3 nitrogen and oxygen atoms in total. The number of unbranched alkanes of at least 4 members (excludes halogenated alkanes) is 1. The van der Waals surface area contributed by atoms with Gasteiger partial charge in [-0.3, -0.25) is 16.1 Å². The van der Waals surface area contributed by atoms with Crippen molar-refractivity contribution in [1.29, 1.82) is 0 Å². The Morgan fingerprint density at radius 2 is 2.43 bits per heavy atom. The van der Waals surface area contributed by atoms with Gasteiger partial charge < -0.3 is 0 Å². The van der Waals surface area contributed by atoms with Gasteiger partial charge in [-0.15, -0.1) is 0 Å². The van der Waals surface area contributed by atoms with E-state index in [0.717, 1.165) is 6.42 Å². The molecule has 0 rings (SSSR count). The van der Waals surface area contributed by atoms with Crippen molar-refractivity contribution in [2.45, 2.75) is 12.8 Å². The number of hydrogen-bond acceptors (Lipinski definition) is 3. The van der Waals surface area contributed by atoms with Crippen molar-refractivity contribution >= 4 is 6.29 Å². The summed E-state index contributed by atoms with van der Waals surface area (Å²) in [4.78, 5) is 9.49. The lowest BCUT2D eigenvalue weighted by atomic mass is 10.3. The first-order valence-corrected chi connectivity index (χ1v) is 2.20. The minimum absolute atomic E-state index is 0.476. The average molecular weight is 101 g/mol. The molecule has 0 aliphatic carbocycles. The van der Waals surface area contributed by atoms with Gasteiger partial charge in [-0.25, -0.2) is 0 Å². The molecule has 0 saturated heterocycles. The number of rotatable bonds is 4. The molecule has 0 aromatic carbocycles. The summed E-state index contributed by atoms with van der Waals surface area (Å²) in [5, 5.41) is 0. The van der Waals surface area contributed by atoms with Crippen molar-refractivity contribution in [3.8, 4) is 0 Å². The van der Waals surface area contributed by atoms with Gasteiger partial charge in [-0.05, 0) is 6.42 Å². The molecule has 0 atom stereocenters. The summed E-state index contributed by atoms with van der Waals surface area (Å²) < 4.78 is 0. The summed E-state index contributed by atoms with van der Waals surface area (Å²) in [5.74, 6) is 4.89. The Kier molecular flexibility index (Phi) is 5.26. The van der Waals surface area contributed by atoms with Crippen LogP contribution in [0.3, 0.4) is 0 Å². The second-order valence-electron chi connectivity index (χ2n) is 1.20. The third kappa shape index (κ3) is 5.59. The number of carbonyl (C=O) groups excluding carboxylic acids is 1. The predicted octanol–water partition coefficient (Wildman–Crippen LogP) is -0.660. The zero-order valence-corrected chi connectivity index (χ0v) is 4.11. The van der Waals surface area contributed by atoms with Crippen molar-refractivity contribution in [1.82, 2.24) is 5.43 Å². The molecule has 0 fully saturated rings. The summed E-state index contributed by atoms with van der Waals surface area (Å²) in [6.07, 6.45) is 3.01. The standard InChI is InChI=1S/C4H9N2O/c5-6-3-1-2-4-7/h6H,1-3,5H2. The van der Waals surface area contributed by atoms with E-state index in [0.29, 0.717) is 13.0 Å². The predicted molar refractivity (Wildman–Crippen MR) is 27.1 cm³/mol. The molecule has 3 N–H and O–H groups in total. The minimum Gasteiger partial charge on any atom is -0.291 e. The largest absolute Gasteiger partial charge is 0.291 e. The third-order valence-corrected chi connectivity index (χ3v) is 0.600. The van der Waals surface area contributed by atoms with Crippen molar-refractivity contribution in [3.63, 3.8) is 0 Å². The Morgan fingerprint density at radius 1 is 1.71 bits per heavy atom. The summed E-state index contributed by atoms with van der Waals surface area (Å²) in [6, 6.07) is 0. The smallest absolute Gasteiger partial charge is 0.198 e. The van der Waals surface area contributed by atoms with Gasteiger partial charge in [0.15, 0.2) is 6.29 Å². The SMILES string of the molecule is NNCCC[C]=O. The highest BCUT2D eigenvalue weighted by Gasteiger charge is 1.80. The van der Waals surface area contributed by atoms with Crippen LogP contribution >= 0.6 is 0 Å². The quantitative estimate of drug-likeness (QED) is 0.281. The zero-order valence-electron chi connectivity index (χ0n) is 4.11. The van der Waals surface area contributed by atoms with Crippen LogP contribution in [0.15, 0.2) is 0 Å². The highest BCUT2D eigenvalue weighted by Crippen LogP contribution is 1.76. The fourth-order valence-corrected chi connectivity index (χ4v) is 0.263. The molecule has 3 heteroatoms. The molecular weight excluding hydrogens is 92.1 g/mol. The normalized spacial score (nSPS) is 8.71. The first-order valence-electron chi connectivity index (χ1n) is 2.20. The third-order valence-electron chi connectivity index (χ3n) is 0.600. The second kappa shape index (κ2) is 5.59. The molecular formula is C4H9N2O. The van der Waals surface area contributed by atoms with Crippen LogP contribution in [0.2, 0.25) is 0 Å². The van der Waals surface area contributed by atoms with Crippen LogP contribution in [-0.4, -0.2) is 12.8 Å². The molecule has 1 radical (unpaired) electrons. The topological polar surface area (TPSA) is 55.1 Å². The minimum atomic E-state index is 0.476. The maximum absolute atomic E-state index is 9.49. The van der Waals surface area contributed by atoms with E-state index in [9.17, 15) is 4.79 Å². The molecule has 0 amide bonds. The molecule has 0 aromatic heterocycles. The molecule has 0 aliphatic rings. The van der Waals surface area contributed by atoms with Crippen molar-refractivity contribution < 1.29 is 4.79 Å². The molecule has 0 unspecified atom stereocenters. The Balaban J connectivity index is 2.56. The first-order chi connectivity index (χ1) is 3.41. The van der Waals surface area contributed by atoms with E-state index >= 15 is 0 Å². The molecule has 41 valence electrons. The maximum Gasteiger partial charge on any atom is 0.198 e. The number of nitrogens with two attached hydrogens (primary N) is 1. The van der Waals surface area contributed by atoms with Crippen LogP contribution < -0.4 is 11.3 Å². The molecule has 0 spiro atoms. The molecule has 0 saturated carbocycles. The Hall–Kier alpha value is -0.410. The fourth-order valence-electron chi connectivity index (χ4n) is 0.263. The van der Waals surface area contributed by atoms with Crippen molar-refractivity contribution in [2.75, 3.05) is 6.54 Å². The van der Waals surface area contributed by atoms with Crippen LogP contribution in [-0.2, 0) is 4.79 Å². The summed E-state index contributed by atoms with van der Waals surface area (Å²) >= 11 is 0. The summed E-state index contributed by atoms with van der Waals surface area (Å²) in [6.45, 7) is 0.690. The first kappa shape index (κ1) is 6.59. The number of nitrogens with one attached hydrogen (secondary N) is 1. The van der Waals surface area contributed by atoms with E-state index in [2.05, 4.69) is 5.43 Å². The van der Waals surface area contributed by atoms with Gasteiger partial charge in [0.1, 0.15) is 0 Å². The van der Waals surface area contributed by atoms with Gasteiger partial charge in [0.2, 0.25) is 0 Å². The lowest BCUT2D eigenvalue weighted by molar-refractivity contribution is 0.546. The molecule has 0 heterocycles. The van der Waals surface area contributed by atoms with Crippen LogP contribution in [0.1, 0.15) is 12.8 Å². The highest BCUT2D eigenvalue weighted by atomic mass is 16.1. The molecule has 7 heavy (non-hydrogen) atoms. The van der Waals surface area contributed by atoms with E-state index in [1.165, 1.54) is 0 Å². The van der Waals surface area contributed by atoms with Gasteiger partial charge in [0, 0.05) is 13.0 Å². The van der Waals surface area contributed by atoms with Gasteiger partial charge in [-0.1, -0.05) is 0 Å². The monoisotopic (exact) mass is 101 g/mol. The van der Waals surface area contributed by atoms with E-state index in [1.807, 2.05) is 0 Å². The summed E-state index contributed by atoms with van der Waals surface area (Å²) in [7, 11) is 0. The Labute approximate surface area is 42.9 Å². The van der Waals surface area contributed by atoms with E-state index < -0.39 is 0 Å². The van der Waals surface area contributed by atoms with Crippen molar-refractivity contribution in [2.24, 2.45) is 5.84 Å². The fraction of sp³-hybridized carbons (Fsp3) is 0.750. The van der Waals surface area contributed by atoms with E-state index in [1.54, 1.807) is 6.29 Å². The molecule has 0 aromatic rings. The number of hydrogen-bond donors (Lipinski definition) is 2.